The Morgan fingerprint density at radius 3 is 2.95 bits per heavy atom. The molecule has 3 N–H and O–H groups in total. The van der Waals surface area contributed by atoms with Crippen molar-refractivity contribution in [2.75, 3.05) is 16.8 Å². The van der Waals surface area contributed by atoms with E-state index >= 15 is 0 Å². The molecule has 6 nitrogen and oxygen atoms in total. The lowest BCUT2D eigenvalue weighted by molar-refractivity contribution is -0.113. The van der Waals surface area contributed by atoms with Gasteiger partial charge in [0.05, 0.1) is 17.0 Å². The Labute approximate surface area is 144 Å². The highest BCUT2D eigenvalue weighted by Gasteiger charge is 2.08. The van der Waals surface area contributed by atoms with Crippen LogP contribution in [0, 0.1) is 11.3 Å². The summed E-state index contributed by atoms with van der Waals surface area (Å²) in [5, 5.41) is 12.4. The summed E-state index contributed by atoms with van der Waals surface area (Å²) in [5.74, 6) is -0.00113. The van der Waals surface area contributed by atoms with E-state index in [-0.39, 0.29) is 23.0 Å². The normalized spacial score (nSPS) is 10.0. The van der Waals surface area contributed by atoms with Gasteiger partial charge >= 0.3 is 0 Å². The average Bonchev–Trinajstić information content (AvgIpc) is 2.49. The van der Waals surface area contributed by atoms with Gasteiger partial charge in [-0.25, -0.2) is 9.97 Å². The predicted molar refractivity (Wildman–Crippen MR) is 89.7 cm³/mol. The lowest BCUT2D eigenvalue weighted by Gasteiger charge is -2.06. The lowest BCUT2D eigenvalue weighted by atomic mass is 10.3. The molecule has 1 aromatic carbocycles. The van der Waals surface area contributed by atoms with E-state index < -0.39 is 0 Å². The van der Waals surface area contributed by atoms with E-state index in [0.29, 0.717) is 20.3 Å². The fraction of sp³-hybridized carbons (Fsp3) is 0.0769. The summed E-state index contributed by atoms with van der Waals surface area (Å²) in [7, 11) is 0. The van der Waals surface area contributed by atoms with Gasteiger partial charge in [-0.05, 0) is 34.1 Å². The first-order chi connectivity index (χ1) is 10.5. The first-order valence-electron chi connectivity index (χ1n) is 5.90. The van der Waals surface area contributed by atoms with E-state index in [1.54, 1.807) is 18.2 Å². The molecule has 2 aromatic rings. The van der Waals surface area contributed by atoms with Gasteiger partial charge in [-0.15, -0.1) is 0 Å². The molecule has 1 aromatic heterocycles. The molecule has 0 aliphatic rings. The van der Waals surface area contributed by atoms with Gasteiger partial charge in [0.1, 0.15) is 17.5 Å². The molecule has 1 heterocycles. The van der Waals surface area contributed by atoms with E-state index in [4.69, 9.17) is 22.6 Å². The maximum atomic E-state index is 11.9. The minimum atomic E-state index is -0.217. The second kappa shape index (κ2) is 7.45. The molecule has 0 saturated carbocycles. The van der Waals surface area contributed by atoms with Crippen molar-refractivity contribution >= 4 is 56.7 Å². The number of amides is 1. The minimum absolute atomic E-state index is 0.0991. The van der Waals surface area contributed by atoms with Crippen LogP contribution in [-0.2, 0) is 4.79 Å². The number of thioether (sulfide) groups is 1. The second-order valence-electron chi connectivity index (χ2n) is 4.03. The van der Waals surface area contributed by atoms with Crippen LogP contribution >= 0.6 is 39.3 Å². The van der Waals surface area contributed by atoms with Crippen LogP contribution in [-0.4, -0.2) is 21.6 Å². The van der Waals surface area contributed by atoms with Gasteiger partial charge in [0.25, 0.3) is 0 Å². The number of hydrogen-bond acceptors (Lipinski definition) is 6. The van der Waals surface area contributed by atoms with Crippen LogP contribution in [0.4, 0.5) is 11.5 Å². The molecule has 0 aliphatic heterocycles. The number of halogens is 2. The molecule has 0 radical (unpaired) electrons. The van der Waals surface area contributed by atoms with Gasteiger partial charge in [-0.3, -0.25) is 4.79 Å². The number of carbonyl (C=O) groups is 1. The van der Waals surface area contributed by atoms with Gasteiger partial charge in [-0.2, -0.15) is 5.26 Å². The van der Waals surface area contributed by atoms with Crippen LogP contribution < -0.4 is 11.1 Å². The van der Waals surface area contributed by atoms with E-state index in [9.17, 15) is 4.79 Å². The molecule has 0 aliphatic carbocycles. The van der Waals surface area contributed by atoms with E-state index in [1.165, 1.54) is 6.20 Å². The molecular weight excluding hydrogens is 390 g/mol. The fourth-order valence-electron chi connectivity index (χ4n) is 1.43. The Bertz CT molecular complexity index is 765. The Kier molecular flexibility index (Phi) is 5.60. The standard InChI is InChI=1S/C13H9BrClN5OS/c14-9-3-8(1-2-10(9)15)19-11(21)6-22-13-18-5-7(4-16)12(17)20-13/h1-3,5H,6H2,(H,19,21)(H2,17,18,20). The summed E-state index contributed by atoms with van der Waals surface area (Å²) in [6.45, 7) is 0. The first kappa shape index (κ1) is 16.5. The second-order valence-corrected chi connectivity index (χ2v) is 6.23. The zero-order valence-corrected chi connectivity index (χ0v) is 14.2. The van der Waals surface area contributed by atoms with E-state index in [1.807, 2.05) is 6.07 Å². The zero-order valence-electron chi connectivity index (χ0n) is 11.0. The van der Waals surface area contributed by atoms with Crippen molar-refractivity contribution in [3.05, 3.63) is 39.5 Å². The summed E-state index contributed by atoms with van der Waals surface area (Å²) in [5.41, 5.74) is 6.42. The number of nitrogens with two attached hydrogens (primary N) is 1. The van der Waals surface area contributed by atoms with Crippen LogP contribution in [0.3, 0.4) is 0 Å². The third kappa shape index (κ3) is 4.34. The van der Waals surface area contributed by atoms with Crippen LogP contribution in [0.25, 0.3) is 0 Å². The number of nitriles is 1. The van der Waals surface area contributed by atoms with Gasteiger partial charge < -0.3 is 11.1 Å². The molecular formula is C13H9BrClN5OS. The lowest BCUT2D eigenvalue weighted by Crippen LogP contribution is -2.14. The molecule has 0 unspecified atom stereocenters. The summed E-state index contributed by atoms with van der Waals surface area (Å²) in [6, 6.07) is 6.97. The van der Waals surface area contributed by atoms with Gasteiger partial charge in [0.15, 0.2) is 5.16 Å². The number of anilines is 2. The average molecular weight is 399 g/mol. The van der Waals surface area contributed by atoms with Crippen LogP contribution in [0.15, 0.2) is 34.0 Å². The van der Waals surface area contributed by atoms with Crippen LogP contribution in [0.2, 0.25) is 5.02 Å². The highest BCUT2D eigenvalue weighted by molar-refractivity contribution is 9.10. The number of carbonyl (C=O) groups excluding carboxylic acids is 1. The predicted octanol–water partition coefficient (Wildman–Crippen LogP) is 3.08. The molecule has 1 amide bonds. The van der Waals surface area contributed by atoms with Crippen molar-refractivity contribution < 1.29 is 4.79 Å². The van der Waals surface area contributed by atoms with Crippen molar-refractivity contribution in [1.82, 2.24) is 9.97 Å². The number of hydrogen-bond donors (Lipinski definition) is 2. The smallest absolute Gasteiger partial charge is 0.234 e. The Morgan fingerprint density at radius 2 is 2.32 bits per heavy atom. The number of nitrogen functional groups attached to an aromatic ring is 1. The maximum absolute atomic E-state index is 11.9. The highest BCUT2D eigenvalue weighted by atomic mass is 79.9. The van der Waals surface area contributed by atoms with Crippen LogP contribution in [0.5, 0.6) is 0 Å². The Morgan fingerprint density at radius 1 is 1.55 bits per heavy atom. The third-order valence-electron chi connectivity index (χ3n) is 2.45. The molecule has 0 fully saturated rings. The van der Waals surface area contributed by atoms with Gasteiger partial charge in [0, 0.05) is 10.2 Å². The number of nitrogens with one attached hydrogen (secondary N) is 1. The number of benzene rings is 1. The van der Waals surface area contributed by atoms with Crippen molar-refractivity contribution in [1.29, 1.82) is 5.26 Å². The number of aromatic nitrogens is 2. The molecule has 0 saturated heterocycles. The van der Waals surface area contributed by atoms with Crippen molar-refractivity contribution in [2.45, 2.75) is 5.16 Å². The van der Waals surface area contributed by atoms with Crippen molar-refractivity contribution in [2.24, 2.45) is 0 Å². The maximum Gasteiger partial charge on any atom is 0.234 e. The molecule has 112 valence electrons. The fourth-order valence-corrected chi connectivity index (χ4v) is 2.55. The third-order valence-corrected chi connectivity index (χ3v) is 4.53. The molecule has 9 heteroatoms. The minimum Gasteiger partial charge on any atom is -0.382 e. The summed E-state index contributed by atoms with van der Waals surface area (Å²) < 4.78 is 0.697. The molecule has 0 atom stereocenters. The van der Waals surface area contributed by atoms with Gasteiger partial charge in [-0.1, -0.05) is 23.4 Å². The quantitative estimate of drug-likeness (QED) is 0.606. The molecule has 0 bridgehead atoms. The first-order valence-corrected chi connectivity index (χ1v) is 8.05. The van der Waals surface area contributed by atoms with Crippen LogP contribution in [0.1, 0.15) is 5.56 Å². The largest absolute Gasteiger partial charge is 0.382 e. The molecule has 0 spiro atoms. The highest BCUT2D eigenvalue weighted by Crippen LogP contribution is 2.25. The van der Waals surface area contributed by atoms with E-state index in [2.05, 4.69) is 31.2 Å². The SMILES string of the molecule is N#Cc1cnc(SCC(=O)Nc2ccc(Cl)c(Br)c2)nc1N. The van der Waals surface area contributed by atoms with Gasteiger partial charge in [0.2, 0.25) is 5.91 Å². The number of rotatable bonds is 4. The monoisotopic (exact) mass is 397 g/mol. The summed E-state index contributed by atoms with van der Waals surface area (Å²) >= 11 is 10.3. The van der Waals surface area contributed by atoms with Crippen molar-refractivity contribution in [3.63, 3.8) is 0 Å². The zero-order chi connectivity index (χ0) is 16.1. The molecule has 2 rings (SSSR count). The van der Waals surface area contributed by atoms with E-state index in [0.717, 1.165) is 11.8 Å². The Balaban J connectivity index is 1.94. The molecule has 22 heavy (non-hydrogen) atoms. The topological polar surface area (TPSA) is 105 Å². The summed E-state index contributed by atoms with van der Waals surface area (Å²) in [4.78, 5) is 19.8. The van der Waals surface area contributed by atoms with Crippen molar-refractivity contribution in [3.8, 4) is 6.07 Å². The number of nitrogens with zero attached hydrogens (tertiary/aromatic N) is 3. The Hall–Kier alpha value is -1.82. The summed E-state index contributed by atoms with van der Waals surface area (Å²) in [6.07, 6.45) is 1.33.